The predicted molar refractivity (Wildman–Crippen MR) is 110 cm³/mol. The number of thiazole rings is 1. The molecular weight excluding hydrogens is 374 g/mol. The molecule has 4 aromatic rings. The van der Waals surface area contributed by atoms with E-state index in [-0.39, 0.29) is 5.91 Å². The summed E-state index contributed by atoms with van der Waals surface area (Å²) in [7, 11) is 0. The van der Waals surface area contributed by atoms with Crippen molar-refractivity contribution >= 4 is 49.4 Å². The zero-order valence-corrected chi connectivity index (χ0v) is 16.2. The maximum atomic E-state index is 11.3. The number of benzene rings is 1. The highest BCUT2D eigenvalue weighted by Crippen LogP contribution is 2.38. The van der Waals surface area contributed by atoms with Gasteiger partial charge in [-0.15, -0.1) is 0 Å². The normalized spacial score (nSPS) is 14.9. The summed E-state index contributed by atoms with van der Waals surface area (Å²) in [5.74, 6) is 0.304. The molecule has 3 aromatic heterocycles. The standard InChI is InChI=1S/C19H19N7OS/c1-10(27)23-19-24-13-7-6-11(8-14(13)28-19)16-15-17(20)21-9-22-18(15)26(25-16)12-4-2-3-5-12/h6-9,12H,2-5H2,1H3,(H2,20,21,22)(H,23,24,27). The van der Waals surface area contributed by atoms with E-state index in [0.717, 1.165) is 45.3 Å². The van der Waals surface area contributed by atoms with Crippen molar-refractivity contribution in [2.24, 2.45) is 0 Å². The molecule has 0 aliphatic heterocycles. The Morgan fingerprint density at radius 3 is 2.89 bits per heavy atom. The van der Waals surface area contributed by atoms with Crippen molar-refractivity contribution in [3.63, 3.8) is 0 Å². The van der Waals surface area contributed by atoms with Crippen molar-refractivity contribution in [3.8, 4) is 11.3 Å². The number of anilines is 2. The minimum Gasteiger partial charge on any atom is -0.383 e. The minimum atomic E-state index is -0.134. The van der Waals surface area contributed by atoms with E-state index in [4.69, 9.17) is 10.8 Å². The van der Waals surface area contributed by atoms with Crippen LogP contribution in [0.4, 0.5) is 10.9 Å². The van der Waals surface area contributed by atoms with E-state index in [1.807, 2.05) is 22.9 Å². The van der Waals surface area contributed by atoms with E-state index in [0.29, 0.717) is 17.0 Å². The average molecular weight is 393 g/mol. The molecule has 3 heterocycles. The minimum absolute atomic E-state index is 0.134. The fourth-order valence-corrected chi connectivity index (χ4v) is 4.83. The third-order valence-corrected chi connectivity index (χ3v) is 6.07. The fourth-order valence-electron chi connectivity index (χ4n) is 3.88. The molecular formula is C19H19N7OS. The van der Waals surface area contributed by atoms with Crippen LogP contribution < -0.4 is 11.1 Å². The third kappa shape index (κ3) is 2.78. The summed E-state index contributed by atoms with van der Waals surface area (Å²) in [4.78, 5) is 24.4. The molecule has 0 spiro atoms. The van der Waals surface area contributed by atoms with Crippen LogP contribution in [-0.4, -0.2) is 30.6 Å². The van der Waals surface area contributed by atoms with E-state index in [9.17, 15) is 4.79 Å². The predicted octanol–water partition coefficient (Wildman–Crippen LogP) is 3.76. The molecule has 3 N–H and O–H groups in total. The first-order valence-electron chi connectivity index (χ1n) is 9.27. The molecule has 1 aliphatic carbocycles. The monoisotopic (exact) mass is 393 g/mol. The van der Waals surface area contributed by atoms with Gasteiger partial charge in [-0.1, -0.05) is 30.2 Å². The van der Waals surface area contributed by atoms with Crippen LogP contribution in [0.2, 0.25) is 0 Å². The molecule has 0 bridgehead atoms. The molecule has 142 valence electrons. The van der Waals surface area contributed by atoms with Gasteiger partial charge in [-0.05, 0) is 25.0 Å². The van der Waals surface area contributed by atoms with E-state index in [1.165, 1.54) is 37.4 Å². The number of nitrogens with one attached hydrogen (secondary N) is 1. The van der Waals surface area contributed by atoms with Gasteiger partial charge in [0.05, 0.1) is 21.6 Å². The van der Waals surface area contributed by atoms with Gasteiger partial charge in [0, 0.05) is 12.5 Å². The lowest BCUT2D eigenvalue weighted by Crippen LogP contribution is -2.07. The van der Waals surface area contributed by atoms with Crippen LogP contribution in [0, 0.1) is 0 Å². The van der Waals surface area contributed by atoms with Gasteiger partial charge >= 0.3 is 0 Å². The van der Waals surface area contributed by atoms with Crippen LogP contribution in [-0.2, 0) is 4.79 Å². The van der Waals surface area contributed by atoms with Crippen LogP contribution in [0.1, 0.15) is 38.6 Å². The summed E-state index contributed by atoms with van der Waals surface area (Å²) < 4.78 is 3.00. The Labute approximate surface area is 164 Å². The van der Waals surface area contributed by atoms with Crippen LogP contribution in [0.5, 0.6) is 0 Å². The molecule has 0 saturated heterocycles. The van der Waals surface area contributed by atoms with E-state index < -0.39 is 0 Å². The van der Waals surface area contributed by atoms with E-state index in [2.05, 4.69) is 20.3 Å². The first kappa shape index (κ1) is 17.1. The lowest BCUT2D eigenvalue weighted by atomic mass is 10.1. The number of amides is 1. The second-order valence-corrected chi connectivity index (χ2v) is 8.10. The maximum absolute atomic E-state index is 11.3. The average Bonchev–Trinajstić information content (AvgIpc) is 3.38. The van der Waals surface area contributed by atoms with Crippen LogP contribution in [0.3, 0.4) is 0 Å². The summed E-state index contributed by atoms with van der Waals surface area (Å²) >= 11 is 1.44. The molecule has 1 saturated carbocycles. The first-order valence-corrected chi connectivity index (χ1v) is 10.1. The summed E-state index contributed by atoms with van der Waals surface area (Å²) in [6, 6.07) is 6.30. The quantitative estimate of drug-likeness (QED) is 0.548. The van der Waals surface area contributed by atoms with Gasteiger partial charge in [0.25, 0.3) is 0 Å². The SMILES string of the molecule is CC(=O)Nc1nc2ccc(-c3nn(C4CCCC4)c4ncnc(N)c34)cc2s1. The first-order chi connectivity index (χ1) is 13.6. The molecule has 1 amide bonds. The van der Waals surface area contributed by atoms with Crippen molar-refractivity contribution < 1.29 is 4.79 Å². The Morgan fingerprint density at radius 1 is 1.29 bits per heavy atom. The molecule has 28 heavy (non-hydrogen) atoms. The van der Waals surface area contributed by atoms with Gasteiger partial charge in [-0.25, -0.2) is 19.6 Å². The van der Waals surface area contributed by atoms with Crippen LogP contribution >= 0.6 is 11.3 Å². The highest BCUT2D eigenvalue weighted by Gasteiger charge is 2.24. The second kappa shape index (κ2) is 6.52. The van der Waals surface area contributed by atoms with Gasteiger partial charge < -0.3 is 11.1 Å². The largest absolute Gasteiger partial charge is 0.383 e. The Bertz CT molecular complexity index is 1210. The molecule has 0 atom stereocenters. The molecule has 1 aromatic carbocycles. The highest BCUT2D eigenvalue weighted by molar-refractivity contribution is 7.22. The smallest absolute Gasteiger partial charge is 0.223 e. The fraction of sp³-hybridized carbons (Fsp3) is 0.316. The lowest BCUT2D eigenvalue weighted by Gasteiger charge is -2.10. The zero-order valence-electron chi connectivity index (χ0n) is 15.3. The molecule has 9 heteroatoms. The molecule has 0 radical (unpaired) electrons. The Hall–Kier alpha value is -3.07. The van der Waals surface area contributed by atoms with Crippen molar-refractivity contribution in [2.45, 2.75) is 38.6 Å². The third-order valence-electron chi connectivity index (χ3n) is 5.13. The number of hydrogen-bond donors (Lipinski definition) is 2. The number of hydrogen-bond acceptors (Lipinski definition) is 7. The molecule has 5 rings (SSSR count). The van der Waals surface area contributed by atoms with Crippen molar-refractivity contribution in [1.82, 2.24) is 24.7 Å². The Balaban J connectivity index is 1.67. The number of fused-ring (bicyclic) bond motifs is 2. The highest BCUT2D eigenvalue weighted by atomic mass is 32.1. The van der Waals surface area contributed by atoms with Gasteiger partial charge in [-0.2, -0.15) is 5.10 Å². The number of nitrogen functional groups attached to an aromatic ring is 1. The topological polar surface area (TPSA) is 112 Å². The number of carbonyl (C=O) groups excluding carboxylic acids is 1. The van der Waals surface area contributed by atoms with Crippen molar-refractivity contribution in [1.29, 1.82) is 0 Å². The summed E-state index contributed by atoms with van der Waals surface area (Å²) in [5, 5.41) is 9.03. The van der Waals surface area contributed by atoms with Crippen LogP contribution in [0.25, 0.3) is 32.5 Å². The zero-order chi connectivity index (χ0) is 19.3. The molecule has 1 aliphatic rings. The van der Waals surface area contributed by atoms with Gasteiger partial charge in [-0.3, -0.25) is 4.79 Å². The number of aromatic nitrogens is 5. The molecule has 1 fully saturated rings. The molecule has 8 nitrogen and oxygen atoms in total. The van der Waals surface area contributed by atoms with E-state index >= 15 is 0 Å². The lowest BCUT2D eigenvalue weighted by molar-refractivity contribution is -0.114. The van der Waals surface area contributed by atoms with Crippen molar-refractivity contribution in [2.75, 3.05) is 11.1 Å². The molecule has 0 unspecified atom stereocenters. The Morgan fingerprint density at radius 2 is 2.11 bits per heavy atom. The number of carbonyl (C=O) groups is 1. The Kier molecular flexibility index (Phi) is 3.97. The summed E-state index contributed by atoms with van der Waals surface area (Å²) in [6.07, 6.45) is 6.13. The maximum Gasteiger partial charge on any atom is 0.223 e. The number of rotatable bonds is 3. The van der Waals surface area contributed by atoms with E-state index in [1.54, 1.807) is 0 Å². The van der Waals surface area contributed by atoms with Gasteiger partial charge in [0.1, 0.15) is 17.8 Å². The second-order valence-electron chi connectivity index (χ2n) is 7.07. The van der Waals surface area contributed by atoms with Crippen molar-refractivity contribution in [3.05, 3.63) is 24.5 Å². The van der Waals surface area contributed by atoms with Gasteiger partial charge in [0.2, 0.25) is 5.91 Å². The summed E-state index contributed by atoms with van der Waals surface area (Å²) in [5.41, 5.74) is 9.57. The number of nitrogens with zero attached hydrogens (tertiary/aromatic N) is 5. The van der Waals surface area contributed by atoms with Crippen LogP contribution in [0.15, 0.2) is 24.5 Å². The summed E-state index contributed by atoms with van der Waals surface area (Å²) in [6.45, 7) is 1.47. The number of nitrogens with two attached hydrogens (primary N) is 1. The van der Waals surface area contributed by atoms with Gasteiger partial charge in [0.15, 0.2) is 10.8 Å².